The van der Waals surface area contributed by atoms with E-state index in [1.165, 1.54) is 28.9 Å². The average molecular weight is 397 g/mol. The largest absolute Gasteiger partial charge is 0.381 e. The van der Waals surface area contributed by atoms with Gasteiger partial charge in [0, 0.05) is 31.3 Å². The quantitative estimate of drug-likeness (QED) is 0.605. The van der Waals surface area contributed by atoms with Gasteiger partial charge in [-0.05, 0) is 24.3 Å². The molecule has 2 fully saturated rings. The fourth-order valence-corrected chi connectivity index (χ4v) is 5.45. The number of sulfonamides is 1. The molecule has 0 radical (unpaired) electrons. The Bertz CT molecular complexity index is 792. The summed E-state index contributed by atoms with van der Waals surface area (Å²) < 4.78 is 32.9. The maximum absolute atomic E-state index is 13.2. The maximum Gasteiger partial charge on any atom is 0.270 e. The molecule has 1 N–H and O–H groups in total. The Morgan fingerprint density at radius 1 is 1.22 bits per heavy atom. The highest BCUT2D eigenvalue weighted by Gasteiger charge is 2.33. The molecule has 3 unspecified atom stereocenters. The molecule has 1 saturated heterocycles. The van der Waals surface area contributed by atoms with Crippen LogP contribution in [0, 0.1) is 22.0 Å². The highest BCUT2D eigenvalue weighted by atomic mass is 32.2. The van der Waals surface area contributed by atoms with Crippen molar-refractivity contribution in [3.63, 3.8) is 0 Å². The van der Waals surface area contributed by atoms with Crippen LogP contribution in [0.2, 0.25) is 0 Å². The smallest absolute Gasteiger partial charge is 0.270 e. The van der Waals surface area contributed by atoms with Crippen LogP contribution in [0.1, 0.15) is 33.1 Å². The molecule has 1 aromatic rings. The van der Waals surface area contributed by atoms with Gasteiger partial charge in [0.05, 0.1) is 23.8 Å². The third kappa shape index (κ3) is 4.25. The van der Waals surface area contributed by atoms with Crippen LogP contribution in [0.5, 0.6) is 0 Å². The van der Waals surface area contributed by atoms with E-state index >= 15 is 0 Å². The molecule has 3 atom stereocenters. The molecule has 1 saturated carbocycles. The van der Waals surface area contributed by atoms with Gasteiger partial charge in [-0.2, -0.15) is 4.31 Å². The first-order chi connectivity index (χ1) is 12.8. The Labute approximate surface area is 160 Å². The molecule has 27 heavy (non-hydrogen) atoms. The van der Waals surface area contributed by atoms with Crippen LogP contribution in [-0.4, -0.2) is 50.0 Å². The number of nitrogens with zero attached hydrogens (tertiary/aromatic N) is 2. The average Bonchev–Trinajstić information content (AvgIpc) is 2.66. The van der Waals surface area contributed by atoms with Gasteiger partial charge in [0.1, 0.15) is 4.90 Å². The topological polar surface area (TPSA) is 102 Å². The van der Waals surface area contributed by atoms with E-state index in [9.17, 15) is 18.5 Å². The summed E-state index contributed by atoms with van der Waals surface area (Å²) in [4.78, 5) is 10.6. The molecule has 1 heterocycles. The van der Waals surface area contributed by atoms with Crippen LogP contribution in [-0.2, 0) is 14.8 Å². The molecule has 1 aromatic carbocycles. The minimum absolute atomic E-state index is 0.0240. The number of anilines is 1. The minimum atomic E-state index is -3.84. The van der Waals surface area contributed by atoms with Crippen molar-refractivity contribution in [2.45, 2.75) is 44.0 Å². The highest BCUT2D eigenvalue weighted by Crippen LogP contribution is 2.35. The number of rotatable bonds is 5. The number of morpholine rings is 1. The van der Waals surface area contributed by atoms with Gasteiger partial charge in [-0.15, -0.1) is 0 Å². The summed E-state index contributed by atoms with van der Waals surface area (Å²) in [7, 11) is -3.84. The number of hydrogen-bond donors (Lipinski definition) is 1. The molecule has 1 aliphatic carbocycles. The van der Waals surface area contributed by atoms with E-state index in [0.29, 0.717) is 30.7 Å². The summed E-state index contributed by atoms with van der Waals surface area (Å²) >= 11 is 0. The molecule has 0 bridgehead atoms. The van der Waals surface area contributed by atoms with Crippen molar-refractivity contribution in [2.24, 2.45) is 11.8 Å². The first-order valence-corrected chi connectivity index (χ1v) is 10.9. The second-order valence-electron chi connectivity index (χ2n) is 7.47. The lowest BCUT2D eigenvalue weighted by atomic mass is 9.78. The van der Waals surface area contributed by atoms with Gasteiger partial charge in [-0.25, -0.2) is 8.42 Å². The first-order valence-electron chi connectivity index (χ1n) is 9.43. The van der Waals surface area contributed by atoms with Gasteiger partial charge < -0.3 is 10.1 Å². The Balaban J connectivity index is 1.97. The normalized spacial score (nSPS) is 27.3. The van der Waals surface area contributed by atoms with Crippen molar-refractivity contribution in [2.75, 3.05) is 31.6 Å². The zero-order valence-corrected chi connectivity index (χ0v) is 16.6. The van der Waals surface area contributed by atoms with Crippen LogP contribution < -0.4 is 5.32 Å². The Morgan fingerprint density at radius 3 is 2.59 bits per heavy atom. The monoisotopic (exact) mass is 397 g/mol. The summed E-state index contributed by atoms with van der Waals surface area (Å²) in [6, 6.07) is 4.20. The number of hydrogen-bond acceptors (Lipinski definition) is 6. The predicted octanol–water partition coefficient (Wildman–Crippen LogP) is 2.85. The van der Waals surface area contributed by atoms with E-state index in [1.807, 2.05) is 0 Å². The molecule has 3 rings (SSSR count). The van der Waals surface area contributed by atoms with E-state index < -0.39 is 14.9 Å². The number of non-ortho nitro benzene ring substituents is 1. The first kappa shape index (κ1) is 20.0. The lowest BCUT2D eigenvalue weighted by Crippen LogP contribution is -2.41. The van der Waals surface area contributed by atoms with Crippen molar-refractivity contribution in [3.05, 3.63) is 28.3 Å². The van der Waals surface area contributed by atoms with Crippen molar-refractivity contribution >= 4 is 21.4 Å². The second-order valence-corrected chi connectivity index (χ2v) is 9.38. The predicted molar refractivity (Wildman–Crippen MR) is 102 cm³/mol. The standard InChI is InChI=1S/C18H27N3O5S/c1-13-4-3-5-16(14(13)2)19-17-7-6-15(21(22)23)12-18(17)27(24,25)20-8-10-26-11-9-20/h6-7,12-14,16,19H,3-5,8-11H2,1-2H3. The third-order valence-electron chi connectivity index (χ3n) is 5.81. The summed E-state index contributed by atoms with van der Waals surface area (Å²) in [6.07, 6.45) is 3.21. The lowest BCUT2D eigenvalue weighted by molar-refractivity contribution is -0.385. The van der Waals surface area contributed by atoms with Gasteiger partial charge in [0.25, 0.3) is 5.69 Å². The van der Waals surface area contributed by atoms with Crippen LogP contribution >= 0.6 is 0 Å². The fraction of sp³-hybridized carbons (Fsp3) is 0.667. The number of nitro benzene ring substituents is 1. The summed E-state index contributed by atoms with van der Waals surface area (Å²) in [5.74, 6) is 0.946. The zero-order chi connectivity index (χ0) is 19.6. The van der Waals surface area contributed by atoms with Crippen LogP contribution in [0.4, 0.5) is 11.4 Å². The summed E-state index contributed by atoms with van der Waals surface area (Å²) in [5.41, 5.74) is 0.218. The van der Waals surface area contributed by atoms with Crippen molar-refractivity contribution < 1.29 is 18.1 Å². The van der Waals surface area contributed by atoms with Crippen molar-refractivity contribution in [1.82, 2.24) is 4.31 Å². The van der Waals surface area contributed by atoms with E-state index in [4.69, 9.17) is 4.74 Å². The van der Waals surface area contributed by atoms with E-state index in [1.54, 1.807) is 0 Å². The van der Waals surface area contributed by atoms with E-state index in [0.717, 1.165) is 12.8 Å². The third-order valence-corrected chi connectivity index (χ3v) is 7.75. The summed E-state index contributed by atoms with van der Waals surface area (Å²) in [5, 5.41) is 14.6. The van der Waals surface area contributed by atoms with Crippen LogP contribution in [0.3, 0.4) is 0 Å². The second kappa shape index (κ2) is 8.12. The zero-order valence-electron chi connectivity index (χ0n) is 15.8. The van der Waals surface area contributed by atoms with Crippen molar-refractivity contribution in [3.8, 4) is 0 Å². The molecule has 9 heteroatoms. The van der Waals surface area contributed by atoms with E-state index in [2.05, 4.69) is 19.2 Å². The molecule has 0 amide bonds. The molecule has 8 nitrogen and oxygen atoms in total. The van der Waals surface area contributed by atoms with Gasteiger partial charge in [-0.3, -0.25) is 10.1 Å². The van der Waals surface area contributed by atoms with Gasteiger partial charge in [-0.1, -0.05) is 26.7 Å². The molecular formula is C18H27N3O5S. The lowest BCUT2D eigenvalue weighted by Gasteiger charge is -2.36. The summed E-state index contributed by atoms with van der Waals surface area (Å²) in [6.45, 7) is 5.54. The van der Waals surface area contributed by atoms with Gasteiger partial charge in [0.15, 0.2) is 0 Å². The number of nitrogens with one attached hydrogen (secondary N) is 1. The highest BCUT2D eigenvalue weighted by molar-refractivity contribution is 7.89. The van der Waals surface area contributed by atoms with E-state index in [-0.39, 0.29) is 29.7 Å². The van der Waals surface area contributed by atoms with Gasteiger partial charge >= 0.3 is 0 Å². The molecule has 0 spiro atoms. The van der Waals surface area contributed by atoms with Crippen LogP contribution in [0.25, 0.3) is 0 Å². The fourth-order valence-electron chi connectivity index (χ4n) is 3.87. The molecule has 150 valence electrons. The number of ether oxygens (including phenoxy) is 1. The maximum atomic E-state index is 13.2. The molecular weight excluding hydrogens is 370 g/mol. The molecule has 1 aliphatic heterocycles. The Morgan fingerprint density at radius 2 is 1.93 bits per heavy atom. The molecule has 2 aliphatic rings. The van der Waals surface area contributed by atoms with Crippen molar-refractivity contribution in [1.29, 1.82) is 0 Å². The molecule has 0 aromatic heterocycles. The number of nitro groups is 1. The van der Waals surface area contributed by atoms with Crippen LogP contribution in [0.15, 0.2) is 23.1 Å². The Hall–Kier alpha value is -1.71. The Kier molecular flexibility index (Phi) is 6.02. The van der Waals surface area contributed by atoms with Gasteiger partial charge in [0.2, 0.25) is 10.0 Å². The minimum Gasteiger partial charge on any atom is -0.381 e. The number of benzene rings is 1. The SMILES string of the molecule is CC1CCCC(Nc2ccc([N+](=O)[O-])cc2S(=O)(=O)N2CCOCC2)C1C.